The molecule has 2 rings (SSSR count). The molecular weight excluding hydrogens is 226 g/mol. The number of hydrogen-bond acceptors (Lipinski definition) is 2. The van der Waals surface area contributed by atoms with E-state index in [4.69, 9.17) is 0 Å². The minimum atomic E-state index is 0.230. The zero-order valence-corrected chi connectivity index (χ0v) is 11.9. The van der Waals surface area contributed by atoms with Crippen molar-refractivity contribution in [2.24, 2.45) is 5.41 Å². The van der Waals surface area contributed by atoms with Crippen molar-refractivity contribution in [3.8, 4) is 0 Å². The van der Waals surface area contributed by atoms with Crippen molar-refractivity contribution in [1.82, 2.24) is 5.32 Å². The molecule has 2 heteroatoms. The predicted molar refractivity (Wildman–Crippen MR) is 77.7 cm³/mol. The zero-order valence-electron chi connectivity index (χ0n) is 11.1. The number of fused-ring (bicyclic) bond motifs is 1. The van der Waals surface area contributed by atoms with Crippen LogP contribution in [0.1, 0.15) is 39.3 Å². The van der Waals surface area contributed by atoms with Crippen LogP contribution in [0.3, 0.4) is 0 Å². The molecule has 0 spiro atoms. The van der Waals surface area contributed by atoms with Crippen molar-refractivity contribution in [2.45, 2.75) is 33.7 Å². The normalized spacial score (nSPS) is 14.1. The molecule has 2 aromatic rings. The van der Waals surface area contributed by atoms with Crippen LogP contribution in [0, 0.1) is 5.41 Å². The van der Waals surface area contributed by atoms with Gasteiger partial charge in [0, 0.05) is 10.7 Å². The molecule has 0 amide bonds. The molecule has 1 aromatic carbocycles. The summed E-state index contributed by atoms with van der Waals surface area (Å²) < 4.78 is 1.42. The van der Waals surface area contributed by atoms with Crippen LogP contribution in [0.5, 0.6) is 0 Å². The van der Waals surface area contributed by atoms with Gasteiger partial charge in [-0.1, -0.05) is 45.9 Å². The molecule has 0 aliphatic carbocycles. The van der Waals surface area contributed by atoms with Gasteiger partial charge in [0.05, 0.1) is 0 Å². The summed E-state index contributed by atoms with van der Waals surface area (Å²) in [6.07, 6.45) is 0. The summed E-state index contributed by atoms with van der Waals surface area (Å²) in [4.78, 5) is 0. The highest BCUT2D eigenvalue weighted by atomic mass is 32.1. The van der Waals surface area contributed by atoms with E-state index in [1.165, 1.54) is 15.6 Å². The fourth-order valence-electron chi connectivity index (χ4n) is 2.33. The fourth-order valence-corrected chi connectivity index (χ4v) is 3.28. The molecule has 1 unspecified atom stereocenters. The van der Waals surface area contributed by atoms with E-state index in [-0.39, 0.29) is 5.41 Å². The van der Waals surface area contributed by atoms with Gasteiger partial charge >= 0.3 is 0 Å². The summed E-state index contributed by atoms with van der Waals surface area (Å²) in [5.41, 5.74) is 1.67. The molecule has 0 saturated heterocycles. The van der Waals surface area contributed by atoms with Crippen LogP contribution in [0.2, 0.25) is 0 Å². The van der Waals surface area contributed by atoms with Crippen molar-refractivity contribution >= 4 is 21.4 Å². The van der Waals surface area contributed by atoms with E-state index in [9.17, 15) is 0 Å². The Morgan fingerprint density at radius 3 is 2.65 bits per heavy atom. The molecule has 17 heavy (non-hydrogen) atoms. The lowest BCUT2D eigenvalue weighted by molar-refractivity contribution is 0.278. The molecule has 0 bridgehead atoms. The molecule has 0 aliphatic rings. The molecule has 1 N–H and O–H groups in total. The Bertz CT molecular complexity index is 493. The Morgan fingerprint density at radius 2 is 2.00 bits per heavy atom. The average molecular weight is 247 g/mol. The Kier molecular flexibility index (Phi) is 3.55. The van der Waals surface area contributed by atoms with Crippen LogP contribution in [0.15, 0.2) is 29.6 Å². The third-order valence-corrected chi connectivity index (χ3v) is 4.07. The first-order valence-electron chi connectivity index (χ1n) is 6.23. The number of hydrogen-bond donors (Lipinski definition) is 1. The molecule has 1 aromatic heterocycles. The lowest BCUT2D eigenvalue weighted by atomic mass is 9.82. The predicted octanol–water partition coefficient (Wildman–Crippen LogP) is 4.60. The molecule has 0 radical (unpaired) electrons. The summed E-state index contributed by atoms with van der Waals surface area (Å²) in [5, 5.41) is 7.17. The second-order valence-corrected chi connectivity index (χ2v) is 6.46. The van der Waals surface area contributed by atoms with Crippen molar-refractivity contribution < 1.29 is 0 Å². The zero-order chi connectivity index (χ0) is 12.5. The maximum absolute atomic E-state index is 3.63. The Balaban J connectivity index is 2.52. The van der Waals surface area contributed by atoms with E-state index in [0.717, 1.165) is 6.54 Å². The molecule has 0 saturated carbocycles. The first kappa shape index (κ1) is 12.6. The van der Waals surface area contributed by atoms with Gasteiger partial charge < -0.3 is 5.32 Å². The minimum absolute atomic E-state index is 0.230. The fraction of sp³-hybridized carbons (Fsp3) is 0.467. The largest absolute Gasteiger partial charge is 0.310 e. The lowest BCUT2D eigenvalue weighted by Gasteiger charge is -2.32. The molecule has 1 nitrogen and oxygen atoms in total. The number of rotatable bonds is 3. The first-order valence-corrected chi connectivity index (χ1v) is 7.11. The van der Waals surface area contributed by atoms with Crippen molar-refractivity contribution in [2.75, 3.05) is 6.54 Å². The van der Waals surface area contributed by atoms with Gasteiger partial charge in [-0.25, -0.2) is 0 Å². The maximum Gasteiger partial charge on any atom is 0.0390 e. The van der Waals surface area contributed by atoms with Crippen LogP contribution in [0.25, 0.3) is 10.1 Å². The standard InChI is InChI=1S/C15H21NS/c1-5-16-14(15(2,3)4)12-8-6-7-11-9-10-17-13(11)12/h6-10,14,16H,5H2,1-4H3. The van der Waals surface area contributed by atoms with Gasteiger partial charge in [0.15, 0.2) is 0 Å². The second kappa shape index (κ2) is 4.79. The van der Waals surface area contributed by atoms with E-state index >= 15 is 0 Å². The molecule has 0 fully saturated rings. The van der Waals surface area contributed by atoms with Gasteiger partial charge in [0.1, 0.15) is 0 Å². The highest BCUT2D eigenvalue weighted by molar-refractivity contribution is 7.17. The smallest absolute Gasteiger partial charge is 0.0390 e. The van der Waals surface area contributed by atoms with Crippen LogP contribution in [-0.2, 0) is 0 Å². The summed E-state index contributed by atoms with van der Waals surface area (Å²) in [5.74, 6) is 0. The summed E-state index contributed by atoms with van der Waals surface area (Å²) in [6, 6.07) is 9.24. The van der Waals surface area contributed by atoms with E-state index in [1.807, 2.05) is 11.3 Å². The third kappa shape index (κ3) is 2.53. The molecule has 0 aliphatic heterocycles. The quantitative estimate of drug-likeness (QED) is 0.836. The maximum atomic E-state index is 3.63. The van der Waals surface area contributed by atoms with Crippen LogP contribution in [-0.4, -0.2) is 6.54 Å². The number of nitrogens with one attached hydrogen (secondary N) is 1. The lowest BCUT2D eigenvalue weighted by Crippen LogP contribution is -2.32. The van der Waals surface area contributed by atoms with E-state index in [2.05, 4.69) is 62.7 Å². The van der Waals surface area contributed by atoms with E-state index in [1.54, 1.807) is 0 Å². The van der Waals surface area contributed by atoms with Gasteiger partial charge in [-0.05, 0) is 34.4 Å². The molecule has 1 atom stereocenters. The van der Waals surface area contributed by atoms with Crippen molar-refractivity contribution in [1.29, 1.82) is 0 Å². The van der Waals surface area contributed by atoms with Gasteiger partial charge in [0.2, 0.25) is 0 Å². The van der Waals surface area contributed by atoms with Crippen molar-refractivity contribution in [3.05, 3.63) is 35.2 Å². The van der Waals surface area contributed by atoms with Crippen LogP contribution in [0.4, 0.5) is 0 Å². The Labute approximate surface area is 108 Å². The average Bonchev–Trinajstić information content (AvgIpc) is 2.72. The molecular formula is C15H21NS. The summed E-state index contributed by atoms with van der Waals surface area (Å²) in [6.45, 7) is 10.1. The summed E-state index contributed by atoms with van der Waals surface area (Å²) >= 11 is 1.84. The Hall–Kier alpha value is -0.860. The second-order valence-electron chi connectivity index (χ2n) is 5.54. The van der Waals surface area contributed by atoms with E-state index in [0.29, 0.717) is 6.04 Å². The van der Waals surface area contributed by atoms with Crippen LogP contribution < -0.4 is 5.32 Å². The van der Waals surface area contributed by atoms with E-state index < -0.39 is 0 Å². The number of benzene rings is 1. The topological polar surface area (TPSA) is 12.0 Å². The minimum Gasteiger partial charge on any atom is -0.310 e. The number of thiophene rings is 1. The first-order chi connectivity index (χ1) is 8.04. The highest BCUT2D eigenvalue weighted by Gasteiger charge is 2.26. The van der Waals surface area contributed by atoms with Crippen LogP contribution >= 0.6 is 11.3 Å². The highest BCUT2D eigenvalue weighted by Crippen LogP contribution is 2.38. The molecule has 1 heterocycles. The monoisotopic (exact) mass is 247 g/mol. The van der Waals surface area contributed by atoms with Gasteiger partial charge in [-0.15, -0.1) is 11.3 Å². The Morgan fingerprint density at radius 1 is 1.24 bits per heavy atom. The third-order valence-electron chi connectivity index (χ3n) is 3.09. The summed E-state index contributed by atoms with van der Waals surface area (Å²) in [7, 11) is 0. The molecule has 92 valence electrons. The van der Waals surface area contributed by atoms with Gasteiger partial charge in [-0.3, -0.25) is 0 Å². The SMILES string of the molecule is CCNC(c1cccc2ccsc12)C(C)(C)C. The van der Waals surface area contributed by atoms with Gasteiger partial charge in [0.25, 0.3) is 0 Å². The van der Waals surface area contributed by atoms with Gasteiger partial charge in [-0.2, -0.15) is 0 Å². The van der Waals surface area contributed by atoms with Crippen molar-refractivity contribution in [3.63, 3.8) is 0 Å².